The van der Waals surface area contributed by atoms with Crippen molar-refractivity contribution in [2.24, 2.45) is 0 Å². The van der Waals surface area contributed by atoms with Gasteiger partial charge in [-0.15, -0.1) is 6.42 Å². The van der Waals surface area contributed by atoms with Crippen molar-refractivity contribution >= 4 is 0 Å². The lowest BCUT2D eigenvalue weighted by atomic mass is 10.2. The number of hydrogen-bond acceptors (Lipinski definition) is 3. The maximum Gasteiger partial charge on any atom is 0.123 e. The van der Waals surface area contributed by atoms with Crippen LogP contribution in [0.2, 0.25) is 0 Å². The Kier molecular flexibility index (Phi) is 7.79. The highest BCUT2D eigenvalue weighted by Gasteiger charge is 2.05. The zero-order valence-electron chi connectivity index (χ0n) is 12.9. The summed E-state index contributed by atoms with van der Waals surface area (Å²) < 4.78 is 5.90. The van der Waals surface area contributed by atoms with Gasteiger partial charge in [0.05, 0.1) is 6.54 Å². The van der Waals surface area contributed by atoms with Crippen LogP contribution in [0.15, 0.2) is 24.3 Å². The zero-order valence-corrected chi connectivity index (χ0v) is 12.9. The number of rotatable bonds is 9. The smallest absolute Gasteiger partial charge is 0.123 e. The molecule has 0 unspecified atom stereocenters. The second-order valence-electron chi connectivity index (χ2n) is 5.06. The van der Waals surface area contributed by atoms with E-state index in [2.05, 4.69) is 43.0 Å². The van der Waals surface area contributed by atoms with Gasteiger partial charge in [0.25, 0.3) is 0 Å². The van der Waals surface area contributed by atoms with Gasteiger partial charge in [-0.2, -0.15) is 0 Å². The van der Waals surface area contributed by atoms with Gasteiger partial charge in [-0.05, 0) is 12.6 Å². The minimum atomic E-state index is 0.467. The molecule has 0 amide bonds. The molecule has 0 spiro atoms. The first-order chi connectivity index (χ1) is 9.67. The van der Waals surface area contributed by atoms with Crippen molar-refractivity contribution in [3.63, 3.8) is 0 Å². The topological polar surface area (TPSA) is 24.5 Å². The monoisotopic (exact) mass is 274 g/mol. The number of benzene rings is 1. The molecule has 20 heavy (non-hydrogen) atoms. The van der Waals surface area contributed by atoms with Gasteiger partial charge in [0.1, 0.15) is 12.4 Å². The van der Waals surface area contributed by atoms with Crippen LogP contribution in [0.3, 0.4) is 0 Å². The summed E-state index contributed by atoms with van der Waals surface area (Å²) in [7, 11) is 0. The van der Waals surface area contributed by atoms with Crippen molar-refractivity contribution in [1.82, 2.24) is 10.2 Å². The van der Waals surface area contributed by atoms with E-state index in [1.165, 1.54) is 5.56 Å². The Balaban J connectivity index is 2.48. The molecule has 1 aromatic rings. The molecular weight excluding hydrogens is 248 g/mol. The number of nitrogens with one attached hydrogen (secondary N) is 1. The summed E-state index contributed by atoms with van der Waals surface area (Å²) in [5.74, 6) is 3.63. The van der Waals surface area contributed by atoms with Crippen LogP contribution in [-0.4, -0.2) is 37.2 Å². The van der Waals surface area contributed by atoms with Crippen LogP contribution < -0.4 is 10.1 Å². The summed E-state index contributed by atoms with van der Waals surface area (Å²) in [6.07, 6.45) is 5.34. The van der Waals surface area contributed by atoms with Crippen molar-refractivity contribution in [3.8, 4) is 18.1 Å². The van der Waals surface area contributed by atoms with Gasteiger partial charge < -0.3 is 10.1 Å². The van der Waals surface area contributed by atoms with E-state index in [4.69, 9.17) is 11.2 Å². The van der Waals surface area contributed by atoms with Crippen molar-refractivity contribution < 1.29 is 4.74 Å². The van der Waals surface area contributed by atoms with Gasteiger partial charge in [-0.25, -0.2) is 0 Å². The average molecular weight is 274 g/mol. The highest BCUT2D eigenvalue weighted by atomic mass is 16.5. The summed E-state index contributed by atoms with van der Waals surface area (Å²) in [6, 6.07) is 8.64. The first-order valence-electron chi connectivity index (χ1n) is 7.27. The van der Waals surface area contributed by atoms with Gasteiger partial charge in [0.2, 0.25) is 0 Å². The Morgan fingerprint density at radius 1 is 1.35 bits per heavy atom. The van der Waals surface area contributed by atoms with Gasteiger partial charge in [-0.3, -0.25) is 4.90 Å². The molecule has 0 aromatic heterocycles. The molecule has 3 heteroatoms. The lowest BCUT2D eigenvalue weighted by molar-refractivity contribution is 0.230. The van der Waals surface area contributed by atoms with Crippen LogP contribution in [0, 0.1) is 12.3 Å². The standard InChI is InChI=1S/C17H26N2O/c1-5-11-19(6-2)12-13-20-17-10-8-7-9-16(17)14-18-15(3)4/h1,7-10,15,18H,6,11-14H2,2-4H3. The molecule has 0 aliphatic heterocycles. The van der Waals surface area contributed by atoms with E-state index < -0.39 is 0 Å². The molecule has 0 radical (unpaired) electrons. The Labute approximate surface area is 123 Å². The Morgan fingerprint density at radius 3 is 2.75 bits per heavy atom. The van der Waals surface area contributed by atoms with Crippen LogP contribution in [0.4, 0.5) is 0 Å². The number of likely N-dealkylation sites (N-methyl/N-ethyl adjacent to an activating group) is 1. The Morgan fingerprint density at radius 2 is 2.10 bits per heavy atom. The van der Waals surface area contributed by atoms with E-state index in [9.17, 15) is 0 Å². The fourth-order valence-electron chi connectivity index (χ4n) is 1.87. The highest BCUT2D eigenvalue weighted by molar-refractivity contribution is 5.33. The van der Waals surface area contributed by atoms with Crippen LogP contribution in [0.5, 0.6) is 5.75 Å². The minimum absolute atomic E-state index is 0.467. The molecule has 1 aromatic carbocycles. The predicted octanol–water partition coefficient (Wildman–Crippen LogP) is 2.52. The molecule has 1 N–H and O–H groups in total. The Bertz CT molecular complexity index is 423. The van der Waals surface area contributed by atoms with E-state index >= 15 is 0 Å². The third kappa shape index (κ3) is 6.10. The van der Waals surface area contributed by atoms with E-state index in [1.807, 2.05) is 18.2 Å². The fourth-order valence-corrected chi connectivity index (χ4v) is 1.87. The van der Waals surface area contributed by atoms with Crippen molar-refractivity contribution in [1.29, 1.82) is 0 Å². The highest BCUT2D eigenvalue weighted by Crippen LogP contribution is 2.17. The average Bonchev–Trinajstić information content (AvgIpc) is 2.45. The van der Waals surface area contributed by atoms with E-state index in [-0.39, 0.29) is 0 Å². The third-order valence-corrected chi connectivity index (χ3v) is 3.10. The van der Waals surface area contributed by atoms with Crippen LogP contribution in [-0.2, 0) is 6.54 Å². The van der Waals surface area contributed by atoms with Crippen LogP contribution in [0.1, 0.15) is 26.3 Å². The molecule has 0 atom stereocenters. The fraction of sp³-hybridized carbons (Fsp3) is 0.529. The first kappa shape index (κ1) is 16.6. The SMILES string of the molecule is C#CCN(CC)CCOc1ccccc1CNC(C)C. The normalized spacial score (nSPS) is 10.8. The summed E-state index contributed by atoms with van der Waals surface area (Å²) in [5.41, 5.74) is 1.20. The van der Waals surface area contributed by atoms with Crippen molar-refractivity contribution in [2.75, 3.05) is 26.2 Å². The Hall–Kier alpha value is -1.50. The summed E-state index contributed by atoms with van der Waals surface area (Å²) in [4.78, 5) is 2.19. The molecule has 0 aliphatic carbocycles. The molecule has 0 saturated carbocycles. The number of nitrogens with zero attached hydrogens (tertiary/aromatic N) is 1. The zero-order chi connectivity index (χ0) is 14.8. The second kappa shape index (κ2) is 9.41. The molecule has 0 bridgehead atoms. The van der Waals surface area contributed by atoms with Gasteiger partial charge >= 0.3 is 0 Å². The van der Waals surface area contributed by atoms with E-state index in [0.717, 1.165) is 25.4 Å². The van der Waals surface area contributed by atoms with Gasteiger partial charge in [0.15, 0.2) is 0 Å². The first-order valence-corrected chi connectivity index (χ1v) is 7.27. The van der Waals surface area contributed by atoms with Gasteiger partial charge in [-0.1, -0.05) is 44.9 Å². The third-order valence-electron chi connectivity index (χ3n) is 3.10. The van der Waals surface area contributed by atoms with Crippen LogP contribution in [0.25, 0.3) is 0 Å². The molecule has 0 aliphatic rings. The number of para-hydroxylation sites is 1. The number of terminal acetylenes is 1. The number of ether oxygens (including phenoxy) is 1. The maximum atomic E-state index is 5.90. The molecule has 3 nitrogen and oxygen atoms in total. The lowest BCUT2D eigenvalue weighted by Gasteiger charge is -2.19. The van der Waals surface area contributed by atoms with E-state index in [0.29, 0.717) is 19.2 Å². The summed E-state index contributed by atoms with van der Waals surface area (Å²) in [6.45, 7) is 10.4. The second-order valence-corrected chi connectivity index (χ2v) is 5.06. The summed E-state index contributed by atoms with van der Waals surface area (Å²) >= 11 is 0. The quantitative estimate of drug-likeness (QED) is 0.700. The molecule has 110 valence electrons. The maximum absolute atomic E-state index is 5.90. The number of hydrogen-bond donors (Lipinski definition) is 1. The predicted molar refractivity (Wildman–Crippen MR) is 84.9 cm³/mol. The largest absolute Gasteiger partial charge is 0.492 e. The molecule has 0 heterocycles. The van der Waals surface area contributed by atoms with Gasteiger partial charge in [0, 0.05) is 24.7 Å². The molecule has 0 saturated heterocycles. The lowest BCUT2D eigenvalue weighted by Crippen LogP contribution is -2.29. The molecular formula is C17H26N2O. The summed E-state index contributed by atoms with van der Waals surface area (Å²) in [5, 5.41) is 3.42. The molecule has 0 fully saturated rings. The molecule has 1 rings (SSSR count). The minimum Gasteiger partial charge on any atom is -0.492 e. The van der Waals surface area contributed by atoms with E-state index in [1.54, 1.807) is 0 Å². The van der Waals surface area contributed by atoms with Crippen molar-refractivity contribution in [3.05, 3.63) is 29.8 Å². The van der Waals surface area contributed by atoms with Crippen LogP contribution >= 0.6 is 0 Å². The van der Waals surface area contributed by atoms with Crippen molar-refractivity contribution in [2.45, 2.75) is 33.4 Å².